The molecular weight excluding hydrogens is 244 g/mol. The zero-order chi connectivity index (χ0) is 12.1. The van der Waals surface area contributed by atoms with Crippen LogP contribution in [0.2, 0.25) is 5.02 Å². The Bertz CT molecular complexity index is 382. The normalized spacial score (nSPS) is 10.2. The molecule has 0 bridgehead atoms. The Hall–Kier alpha value is -0.870. The van der Waals surface area contributed by atoms with Gasteiger partial charge in [0.25, 0.3) is 0 Å². The lowest BCUT2D eigenvalue weighted by molar-refractivity contribution is -0.128. The number of carbonyl (C=O) groups excluding carboxylic acids is 1. The highest BCUT2D eigenvalue weighted by atomic mass is 35.5. The Kier molecular flexibility index (Phi) is 4.96. The maximum absolute atomic E-state index is 11.3. The van der Waals surface area contributed by atoms with Gasteiger partial charge in [-0.2, -0.15) is 0 Å². The van der Waals surface area contributed by atoms with Crippen LogP contribution >= 0.6 is 23.4 Å². The average Bonchev–Trinajstić information content (AvgIpc) is 2.22. The van der Waals surface area contributed by atoms with Crippen LogP contribution in [0.15, 0.2) is 23.1 Å². The minimum Gasteiger partial charge on any atom is -0.399 e. The molecule has 0 aliphatic rings. The average molecular weight is 259 g/mol. The Labute approximate surface area is 105 Å². The Morgan fingerprint density at radius 1 is 1.50 bits per heavy atom. The minimum atomic E-state index is 0.118. The van der Waals surface area contributed by atoms with Crippen LogP contribution in [0.3, 0.4) is 0 Å². The van der Waals surface area contributed by atoms with Gasteiger partial charge in [-0.25, -0.2) is 0 Å². The largest absolute Gasteiger partial charge is 0.399 e. The molecule has 0 saturated carbocycles. The van der Waals surface area contributed by atoms with E-state index in [-0.39, 0.29) is 5.91 Å². The Morgan fingerprint density at radius 2 is 2.19 bits per heavy atom. The molecule has 1 aromatic rings. The minimum absolute atomic E-state index is 0.118. The molecule has 0 radical (unpaired) electrons. The van der Waals surface area contributed by atoms with Crippen molar-refractivity contribution in [1.82, 2.24) is 4.90 Å². The second kappa shape index (κ2) is 6.01. The first-order valence-corrected chi connectivity index (χ1v) is 6.25. The molecule has 1 amide bonds. The number of nitrogens with two attached hydrogens (primary N) is 1. The van der Waals surface area contributed by atoms with Gasteiger partial charge in [-0.3, -0.25) is 4.79 Å². The number of nitrogen functional groups attached to an aromatic ring is 1. The van der Waals surface area contributed by atoms with E-state index in [2.05, 4.69) is 0 Å². The van der Waals surface area contributed by atoms with Crippen LogP contribution < -0.4 is 5.73 Å². The van der Waals surface area contributed by atoms with Gasteiger partial charge in [0, 0.05) is 36.9 Å². The van der Waals surface area contributed by atoms with Gasteiger partial charge in [-0.1, -0.05) is 11.6 Å². The van der Waals surface area contributed by atoms with Crippen molar-refractivity contribution in [1.29, 1.82) is 0 Å². The van der Waals surface area contributed by atoms with E-state index in [1.165, 1.54) is 0 Å². The summed E-state index contributed by atoms with van der Waals surface area (Å²) in [5, 5.41) is 0.677. The molecule has 0 spiro atoms. The third-order valence-corrected chi connectivity index (χ3v) is 3.53. The van der Waals surface area contributed by atoms with E-state index in [4.69, 9.17) is 17.3 Å². The molecule has 1 rings (SSSR count). The first-order valence-electron chi connectivity index (χ1n) is 4.88. The van der Waals surface area contributed by atoms with Gasteiger partial charge in [-0.15, -0.1) is 11.8 Å². The standard InChI is InChI=1S/C11H15ClN2OS/c1-14(2)11(15)5-6-16-10-7-8(13)3-4-9(10)12/h3-4,7H,5-6,13H2,1-2H3. The number of anilines is 1. The molecule has 0 aliphatic heterocycles. The third kappa shape index (κ3) is 3.94. The van der Waals surface area contributed by atoms with Crippen molar-refractivity contribution in [2.24, 2.45) is 0 Å². The van der Waals surface area contributed by atoms with Gasteiger partial charge in [0.2, 0.25) is 5.91 Å². The molecule has 3 nitrogen and oxygen atoms in total. The van der Waals surface area contributed by atoms with Crippen LogP contribution in [0.1, 0.15) is 6.42 Å². The van der Waals surface area contributed by atoms with Crippen LogP contribution in [0.4, 0.5) is 5.69 Å². The molecule has 16 heavy (non-hydrogen) atoms. The SMILES string of the molecule is CN(C)C(=O)CCSc1cc(N)ccc1Cl. The third-order valence-electron chi connectivity index (χ3n) is 2.03. The van der Waals surface area contributed by atoms with Crippen molar-refractivity contribution in [2.75, 3.05) is 25.6 Å². The predicted molar refractivity (Wildman–Crippen MR) is 69.9 cm³/mol. The quantitative estimate of drug-likeness (QED) is 0.667. The molecule has 2 N–H and O–H groups in total. The summed E-state index contributed by atoms with van der Waals surface area (Å²) in [6.45, 7) is 0. The number of hydrogen-bond acceptors (Lipinski definition) is 3. The van der Waals surface area contributed by atoms with E-state index in [1.54, 1.807) is 42.9 Å². The molecule has 0 fully saturated rings. The van der Waals surface area contributed by atoms with Crippen molar-refractivity contribution in [3.8, 4) is 0 Å². The fourth-order valence-electron chi connectivity index (χ4n) is 1.10. The number of thioether (sulfide) groups is 1. The van der Waals surface area contributed by atoms with Crippen LogP contribution in [0.25, 0.3) is 0 Å². The summed E-state index contributed by atoms with van der Waals surface area (Å²) in [7, 11) is 3.50. The number of nitrogens with zero attached hydrogens (tertiary/aromatic N) is 1. The van der Waals surface area contributed by atoms with E-state index in [0.29, 0.717) is 22.9 Å². The Morgan fingerprint density at radius 3 is 2.81 bits per heavy atom. The number of rotatable bonds is 4. The molecular formula is C11H15ClN2OS. The van der Waals surface area contributed by atoms with Crippen LogP contribution in [-0.4, -0.2) is 30.7 Å². The van der Waals surface area contributed by atoms with Gasteiger partial charge in [-0.05, 0) is 18.2 Å². The highest BCUT2D eigenvalue weighted by Gasteiger charge is 2.06. The van der Waals surface area contributed by atoms with Crippen LogP contribution in [0, 0.1) is 0 Å². The highest BCUT2D eigenvalue weighted by Crippen LogP contribution is 2.29. The summed E-state index contributed by atoms with van der Waals surface area (Å²) in [5.74, 6) is 0.827. The van der Waals surface area contributed by atoms with Gasteiger partial charge in [0.1, 0.15) is 0 Å². The van der Waals surface area contributed by atoms with E-state index >= 15 is 0 Å². The molecule has 88 valence electrons. The number of carbonyl (C=O) groups is 1. The molecule has 0 aliphatic carbocycles. The molecule has 5 heteroatoms. The molecule has 0 saturated heterocycles. The fraction of sp³-hybridized carbons (Fsp3) is 0.364. The smallest absolute Gasteiger partial charge is 0.222 e. The first kappa shape index (κ1) is 13.2. The highest BCUT2D eigenvalue weighted by molar-refractivity contribution is 7.99. The lowest BCUT2D eigenvalue weighted by atomic mass is 10.3. The zero-order valence-corrected chi connectivity index (χ0v) is 10.9. The van der Waals surface area contributed by atoms with E-state index in [9.17, 15) is 4.79 Å². The van der Waals surface area contributed by atoms with E-state index in [0.717, 1.165) is 4.90 Å². The summed E-state index contributed by atoms with van der Waals surface area (Å²) in [4.78, 5) is 13.8. The lowest BCUT2D eigenvalue weighted by Gasteiger charge is -2.10. The molecule has 0 unspecified atom stereocenters. The van der Waals surface area contributed by atoms with Crippen molar-refractivity contribution in [3.63, 3.8) is 0 Å². The number of benzene rings is 1. The molecule has 0 heterocycles. The maximum Gasteiger partial charge on any atom is 0.222 e. The summed E-state index contributed by atoms with van der Waals surface area (Å²) in [5.41, 5.74) is 6.35. The van der Waals surface area contributed by atoms with Gasteiger partial charge in [0.05, 0.1) is 5.02 Å². The van der Waals surface area contributed by atoms with Gasteiger partial charge in [0.15, 0.2) is 0 Å². The van der Waals surface area contributed by atoms with Crippen molar-refractivity contribution < 1.29 is 4.79 Å². The number of hydrogen-bond donors (Lipinski definition) is 1. The zero-order valence-electron chi connectivity index (χ0n) is 9.37. The van der Waals surface area contributed by atoms with Crippen molar-refractivity contribution in [3.05, 3.63) is 23.2 Å². The molecule has 0 aromatic heterocycles. The maximum atomic E-state index is 11.3. The first-order chi connectivity index (χ1) is 7.50. The van der Waals surface area contributed by atoms with E-state index in [1.807, 2.05) is 6.07 Å². The molecule has 1 aromatic carbocycles. The summed E-state index contributed by atoms with van der Waals surface area (Å²) >= 11 is 7.55. The van der Waals surface area contributed by atoms with E-state index < -0.39 is 0 Å². The summed E-state index contributed by atoms with van der Waals surface area (Å²) < 4.78 is 0. The monoisotopic (exact) mass is 258 g/mol. The summed E-state index contributed by atoms with van der Waals surface area (Å²) in [6, 6.07) is 5.36. The van der Waals surface area contributed by atoms with Crippen molar-refractivity contribution >= 4 is 35.0 Å². The van der Waals surface area contributed by atoms with Crippen molar-refractivity contribution in [2.45, 2.75) is 11.3 Å². The molecule has 0 atom stereocenters. The fourth-order valence-corrected chi connectivity index (χ4v) is 2.31. The second-order valence-electron chi connectivity index (χ2n) is 3.58. The number of amides is 1. The second-order valence-corrected chi connectivity index (χ2v) is 5.12. The Balaban J connectivity index is 2.49. The lowest BCUT2D eigenvalue weighted by Crippen LogP contribution is -2.21. The topological polar surface area (TPSA) is 46.3 Å². The van der Waals surface area contributed by atoms with Crippen LogP contribution in [0.5, 0.6) is 0 Å². The van der Waals surface area contributed by atoms with Crippen LogP contribution in [-0.2, 0) is 4.79 Å². The van der Waals surface area contributed by atoms with Gasteiger partial charge < -0.3 is 10.6 Å². The number of halogens is 1. The van der Waals surface area contributed by atoms with Gasteiger partial charge >= 0.3 is 0 Å². The summed E-state index contributed by atoms with van der Waals surface area (Å²) in [6.07, 6.45) is 0.503. The predicted octanol–water partition coefficient (Wildman–Crippen LogP) is 2.49.